The normalized spacial score (nSPS) is 16.4. The molecule has 0 aromatic heterocycles. The van der Waals surface area contributed by atoms with Crippen LogP contribution < -0.4 is 5.73 Å². The fourth-order valence-corrected chi connectivity index (χ4v) is 2.25. The standard InChI is InChI=1S/C13H15FN2O3/c14-9-2-1-3-10(17)11(9)13(19)16-6-4-8(5-7-16)12(15)18/h1-3,8,17H,4-7H2,(H2,15,18). The highest BCUT2D eigenvalue weighted by Crippen LogP contribution is 2.24. The van der Waals surface area contributed by atoms with E-state index in [9.17, 15) is 19.1 Å². The first-order valence-electron chi connectivity index (χ1n) is 6.06. The molecule has 1 heterocycles. The van der Waals surface area contributed by atoms with Gasteiger partial charge >= 0.3 is 0 Å². The number of benzene rings is 1. The maximum atomic E-state index is 13.6. The molecule has 1 aliphatic heterocycles. The van der Waals surface area contributed by atoms with Crippen molar-refractivity contribution in [2.75, 3.05) is 13.1 Å². The lowest BCUT2D eigenvalue weighted by Crippen LogP contribution is -2.42. The number of nitrogens with zero attached hydrogens (tertiary/aromatic N) is 1. The van der Waals surface area contributed by atoms with E-state index in [1.165, 1.54) is 17.0 Å². The molecule has 0 aliphatic carbocycles. The number of carbonyl (C=O) groups excluding carboxylic acids is 2. The topological polar surface area (TPSA) is 83.6 Å². The molecule has 0 unspecified atom stereocenters. The second-order valence-corrected chi connectivity index (χ2v) is 4.60. The van der Waals surface area contributed by atoms with Gasteiger partial charge in [-0.25, -0.2) is 4.39 Å². The molecule has 1 fully saturated rings. The number of primary amides is 1. The number of hydrogen-bond acceptors (Lipinski definition) is 3. The van der Waals surface area contributed by atoms with Gasteiger partial charge in [0, 0.05) is 19.0 Å². The molecule has 1 aliphatic rings. The van der Waals surface area contributed by atoms with Crippen LogP contribution >= 0.6 is 0 Å². The third kappa shape index (κ3) is 2.67. The molecule has 3 N–H and O–H groups in total. The van der Waals surface area contributed by atoms with Crippen LogP contribution in [0.4, 0.5) is 4.39 Å². The minimum atomic E-state index is -0.748. The zero-order valence-electron chi connectivity index (χ0n) is 10.3. The van der Waals surface area contributed by atoms with Crippen molar-refractivity contribution in [3.8, 4) is 5.75 Å². The Morgan fingerprint density at radius 3 is 2.47 bits per heavy atom. The Morgan fingerprint density at radius 2 is 1.95 bits per heavy atom. The molecule has 1 saturated heterocycles. The van der Waals surface area contributed by atoms with Crippen LogP contribution in [0.5, 0.6) is 5.75 Å². The van der Waals surface area contributed by atoms with Gasteiger partial charge in [-0.05, 0) is 25.0 Å². The number of halogens is 1. The largest absolute Gasteiger partial charge is 0.507 e. The first-order chi connectivity index (χ1) is 9.00. The Labute approximate surface area is 109 Å². The number of phenolic OH excluding ortho intramolecular Hbond substituents is 1. The van der Waals surface area contributed by atoms with Crippen molar-refractivity contribution in [3.63, 3.8) is 0 Å². The van der Waals surface area contributed by atoms with Crippen molar-refractivity contribution in [2.45, 2.75) is 12.8 Å². The van der Waals surface area contributed by atoms with Crippen LogP contribution in [-0.4, -0.2) is 34.9 Å². The predicted octanol–water partition coefficient (Wildman–Crippen LogP) is 0.869. The molecule has 0 radical (unpaired) electrons. The molecule has 102 valence electrons. The number of amides is 2. The van der Waals surface area contributed by atoms with Crippen LogP contribution in [0.2, 0.25) is 0 Å². The zero-order chi connectivity index (χ0) is 14.0. The van der Waals surface area contributed by atoms with E-state index in [2.05, 4.69) is 0 Å². The van der Waals surface area contributed by atoms with Crippen molar-refractivity contribution >= 4 is 11.8 Å². The second-order valence-electron chi connectivity index (χ2n) is 4.60. The van der Waals surface area contributed by atoms with Crippen LogP contribution in [0.1, 0.15) is 23.2 Å². The zero-order valence-corrected chi connectivity index (χ0v) is 10.3. The smallest absolute Gasteiger partial charge is 0.260 e. The summed E-state index contributed by atoms with van der Waals surface area (Å²) in [6.45, 7) is 0.667. The van der Waals surface area contributed by atoms with Crippen LogP contribution in [0.25, 0.3) is 0 Å². The van der Waals surface area contributed by atoms with E-state index in [1.807, 2.05) is 0 Å². The maximum absolute atomic E-state index is 13.6. The summed E-state index contributed by atoms with van der Waals surface area (Å²) in [4.78, 5) is 24.6. The van der Waals surface area contributed by atoms with E-state index in [0.717, 1.165) is 6.07 Å². The van der Waals surface area contributed by atoms with Gasteiger partial charge in [0.1, 0.15) is 17.1 Å². The number of carbonyl (C=O) groups is 2. The summed E-state index contributed by atoms with van der Waals surface area (Å²) in [7, 11) is 0. The lowest BCUT2D eigenvalue weighted by molar-refractivity contribution is -0.123. The molecule has 0 atom stereocenters. The average Bonchev–Trinajstić information content (AvgIpc) is 2.38. The quantitative estimate of drug-likeness (QED) is 0.833. The molecule has 6 heteroatoms. The number of rotatable bonds is 2. The van der Waals surface area contributed by atoms with Gasteiger partial charge in [-0.15, -0.1) is 0 Å². The third-order valence-corrected chi connectivity index (χ3v) is 3.39. The van der Waals surface area contributed by atoms with Gasteiger partial charge in [-0.1, -0.05) is 6.07 Å². The van der Waals surface area contributed by atoms with Crippen molar-refractivity contribution < 1.29 is 19.1 Å². The summed E-state index contributed by atoms with van der Waals surface area (Å²) < 4.78 is 13.6. The van der Waals surface area contributed by atoms with Gasteiger partial charge in [-0.3, -0.25) is 9.59 Å². The third-order valence-electron chi connectivity index (χ3n) is 3.39. The Bertz CT molecular complexity index is 490. The van der Waals surface area contributed by atoms with E-state index >= 15 is 0 Å². The van der Waals surface area contributed by atoms with Gasteiger partial charge in [0.05, 0.1) is 0 Å². The molecule has 0 bridgehead atoms. The van der Waals surface area contributed by atoms with Gasteiger partial charge < -0.3 is 15.7 Å². The molecule has 2 rings (SSSR count). The Morgan fingerprint density at radius 1 is 1.32 bits per heavy atom. The van der Waals surface area contributed by atoms with Crippen LogP contribution in [0, 0.1) is 11.7 Å². The lowest BCUT2D eigenvalue weighted by atomic mass is 9.96. The van der Waals surface area contributed by atoms with Gasteiger partial charge in [0.15, 0.2) is 0 Å². The monoisotopic (exact) mass is 266 g/mol. The summed E-state index contributed by atoms with van der Waals surface area (Å²) in [5.41, 5.74) is 4.89. The predicted molar refractivity (Wildman–Crippen MR) is 65.9 cm³/mol. The van der Waals surface area contributed by atoms with Gasteiger partial charge in [0.25, 0.3) is 5.91 Å². The summed E-state index contributed by atoms with van der Waals surface area (Å²) in [6, 6.07) is 3.73. The van der Waals surface area contributed by atoms with Gasteiger partial charge in [0.2, 0.25) is 5.91 Å². The van der Waals surface area contributed by atoms with Crippen LogP contribution in [0.15, 0.2) is 18.2 Å². The number of nitrogens with two attached hydrogens (primary N) is 1. The highest BCUT2D eigenvalue weighted by atomic mass is 19.1. The van der Waals surface area contributed by atoms with Crippen molar-refractivity contribution in [1.82, 2.24) is 4.90 Å². The van der Waals surface area contributed by atoms with E-state index in [4.69, 9.17) is 5.73 Å². The maximum Gasteiger partial charge on any atom is 0.260 e. The minimum absolute atomic E-state index is 0.238. The fraction of sp³-hybridized carbons (Fsp3) is 0.385. The molecule has 19 heavy (non-hydrogen) atoms. The minimum Gasteiger partial charge on any atom is -0.507 e. The summed E-state index contributed by atoms with van der Waals surface area (Å²) >= 11 is 0. The Balaban J connectivity index is 2.12. The number of hydrogen-bond donors (Lipinski definition) is 2. The average molecular weight is 266 g/mol. The SMILES string of the molecule is NC(=O)C1CCN(C(=O)c2c(O)cccc2F)CC1. The first kappa shape index (κ1) is 13.3. The molecule has 2 amide bonds. The first-order valence-corrected chi connectivity index (χ1v) is 6.06. The Kier molecular flexibility index (Phi) is 3.69. The van der Waals surface area contributed by atoms with E-state index in [-0.39, 0.29) is 23.1 Å². The van der Waals surface area contributed by atoms with Crippen LogP contribution in [0.3, 0.4) is 0 Å². The number of aromatic hydroxyl groups is 1. The molecule has 0 saturated carbocycles. The summed E-state index contributed by atoms with van der Waals surface area (Å²) in [5.74, 6) is -2.29. The van der Waals surface area contributed by atoms with E-state index in [1.54, 1.807) is 0 Å². The van der Waals surface area contributed by atoms with Crippen LogP contribution in [-0.2, 0) is 4.79 Å². The number of phenols is 1. The molecule has 5 nitrogen and oxygen atoms in total. The molecule has 0 spiro atoms. The number of likely N-dealkylation sites (tertiary alicyclic amines) is 1. The Hall–Kier alpha value is -2.11. The fourth-order valence-electron chi connectivity index (χ4n) is 2.25. The molecular weight excluding hydrogens is 251 g/mol. The van der Waals surface area contributed by atoms with E-state index in [0.29, 0.717) is 25.9 Å². The molecule has 1 aromatic carbocycles. The summed E-state index contributed by atoms with van der Waals surface area (Å²) in [6.07, 6.45) is 0.937. The number of piperidine rings is 1. The molecule has 1 aromatic rings. The molecular formula is C13H15FN2O3. The highest BCUT2D eigenvalue weighted by Gasteiger charge is 2.28. The van der Waals surface area contributed by atoms with Crippen molar-refractivity contribution in [1.29, 1.82) is 0 Å². The summed E-state index contributed by atoms with van der Waals surface area (Å²) in [5, 5.41) is 9.57. The van der Waals surface area contributed by atoms with E-state index < -0.39 is 11.7 Å². The van der Waals surface area contributed by atoms with Crippen molar-refractivity contribution in [2.24, 2.45) is 11.7 Å². The lowest BCUT2D eigenvalue weighted by Gasteiger charge is -2.30. The highest BCUT2D eigenvalue weighted by molar-refractivity contribution is 5.97. The second kappa shape index (κ2) is 5.26. The van der Waals surface area contributed by atoms with Crippen molar-refractivity contribution in [3.05, 3.63) is 29.6 Å². The van der Waals surface area contributed by atoms with Gasteiger partial charge in [-0.2, -0.15) is 0 Å².